The van der Waals surface area contributed by atoms with Gasteiger partial charge in [-0.1, -0.05) is 42.0 Å². The number of hydrogen-bond acceptors (Lipinski definition) is 6. The first-order valence-electron chi connectivity index (χ1n) is 9.27. The monoisotopic (exact) mass is 449 g/mol. The first-order valence-corrected chi connectivity index (χ1v) is 11.5. The second-order valence-corrected chi connectivity index (χ2v) is 9.30. The van der Waals surface area contributed by atoms with Crippen LogP contribution in [0.1, 0.15) is 17.3 Å². The van der Waals surface area contributed by atoms with Gasteiger partial charge >= 0.3 is 0 Å². The Hall–Kier alpha value is -1.80. The molecule has 29 heavy (non-hydrogen) atoms. The van der Waals surface area contributed by atoms with Gasteiger partial charge in [-0.2, -0.15) is 0 Å². The number of halogens is 1. The average Bonchev–Trinajstić information content (AvgIpc) is 3.15. The Labute approximate surface area is 184 Å². The van der Waals surface area contributed by atoms with Gasteiger partial charge in [0.2, 0.25) is 0 Å². The van der Waals surface area contributed by atoms with Crippen LogP contribution in [0.15, 0.2) is 41.3 Å². The largest absolute Gasteiger partial charge is 0.494 e. The second-order valence-electron chi connectivity index (χ2n) is 6.61. The van der Waals surface area contributed by atoms with Gasteiger partial charge in [0.25, 0.3) is 5.91 Å². The zero-order chi connectivity index (χ0) is 21.0. The zero-order valence-corrected chi connectivity index (χ0v) is 19.3. The minimum absolute atomic E-state index is 0.0578. The van der Waals surface area contributed by atoms with Crippen LogP contribution < -0.4 is 9.64 Å². The molecule has 0 fully saturated rings. The molecule has 0 saturated heterocycles. The van der Waals surface area contributed by atoms with Gasteiger partial charge in [0.1, 0.15) is 11.3 Å². The summed E-state index contributed by atoms with van der Waals surface area (Å²) in [7, 11) is 5.58. The molecule has 154 valence electrons. The molecule has 0 aliphatic heterocycles. The van der Waals surface area contributed by atoms with Gasteiger partial charge < -0.3 is 9.64 Å². The molecule has 5 nitrogen and oxygen atoms in total. The van der Waals surface area contributed by atoms with Gasteiger partial charge in [-0.15, -0.1) is 11.8 Å². The predicted octanol–water partition coefficient (Wildman–Crippen LogP) is 5.28. The standard InChI is InChI=1S/C21H24ClN3O2S2/c1-5-28-17-9-7-6-8-14(17)20(26)25(13-12-24(2)3)21-23-18-16(27-4)11-10-15(22)19(18)29-21/h6-11H,5,12-13H2,1-4H3. The molecule has 0 spiro atoms. The van der Waals surface area contributed by atoms with Crippen molar-refractivity contribution in [3.63, 3.8) is 0 Å². The molecule has 0 atom stereocenters. The number of likely N-dealkylation sites (N-methyl/N-ethyl adjacent to an activating group) is 1. The molecule has 8 heteroatoms. The molecule has 0 aliphatic carbocycles. The number of carbonyl (C=O) groups is 1. The Morgan fingerprint density at radius 1 is 1.21 bits per heavy atom. The third-order valence-corrected chi connectivity index (χ3v) is 6.83. The van der Waals surface area contributed by atoms with Crippen LogP contribution in [0.4, 0.5) is 5.13 Å². The van der Waals surface area contributed by atoms with Crippen molar-refractivity contribution in [1.29, 1.82) is 0 Å². The lowest BCUT2D eigenvalue weighted by Gasteiger charge is -2.23. The van der Waals surface area contributed by atoms with Crippen LogP contribution in [-0.2, 0) is 0 Å². The number of methoxy groups -OCH3 is 1. The van der Waals surface area contributed by atoms with Crippen LogP contribution in [0, 0.1) is 0 Å². The van der Waals surface area contributed by atoms with Gasteiger partial charge in [-0.05, 0) is 44.1 Å². The summed E-state index contributed by atoms with van der Waals surface area (Å²) >= 11 is 9.47. The highest BCUT2D eigenvalue weighted by molar-refractivity contribution is 7.99. The van der Waals surface area contributed by atoms with E-state index in [2.05, 4.69) is 6.92 Å². The Morgan fingerprint density at radius 2 is 1.97 bits per heavy atom. The van der Waals surface area contributed by atoms with Gasteiger partial charge in [-0.25, -0.2) is 4.98 Å². The molecular weight excluding hydrogens is 426 g/mol. The predicted molar refractivity (Wildman–Crippen MR) is 124 cm³/mol. The van der Waals surface area contributed by atoms with Crippen LogP contribution in [0.5, 0.6) is 5.75 Å². The summed E-state index contributed by atoms with van der Waals surface area (Å²) in [6.07, 6.45) is 0. The molecular formula is C21H24ClN3O2S2. The molecule has 1 aromatic heterocycles. The van der Waals surface area contributed by atoms with Crippen LogP contribution in [-0.4, -0.2) is 55.8 Å². The van der Waals surface area contributed by atoms with Gasteiger partial charge in [0.05, 0.1) is 22.4 Å². The summed E-state index contributed by atoms with van der Waals surface area (Å²) in [5.74, 6) is 1.49. The fraction of sp³-hybridized carbons (Fsp3) is 0.333. The van der Waals surface area contributed by atoms with E-state index in [0.29, 0.717) is 33.5 Å². The van der Waals surface area contributed by atoms with E-state index in [-0.39, 0.29) is 5.91 Å². The van der Waals surface area contributed by atoms with Gasteiger partial charge in [0.15, 0.2) is 5.13 Å². The van der Waals surface area contributed by atoms with E-state index in [1.165, 1.54) is 11.3 Å². The lowest BCUT2D eigenvalue weighted by molar-refractivity contribution is 0.0982. The summed E-state index contributed by atoms with van der Waals surface area (Å²) in [6, 6.07) is 11.3. The maximum absolute atomic E-state index is 13.6. The summed E-state index contributed by atoms with van der Waals surface area (Å²) in [4.78, 5) is 23.1. The fourth-order valence-corrected chi connectivity index (χ4v) is 4.95. The highest BCUT2D eigenvalue weighted by Crippen LogP contribution is 2.39. The normalized spacial score (nSPS) is 11.2. The molecule has 1 amide bonds. The number of ether oxygens (including phenoxy) is 1. The number of amides is 1. The third kappa shape index (κ3) is 4.86. The number of fused-ring (bicyclic) bond motifs is 1. The molecule has 3 aromatic rings. The number of thiazole rings is 1. The van der Waals surface area contributed by atoms with E-state index in [1.54, 1.807) is 35.9 Å². The van der Waals surface area contributed by atoms with Crippen molar-refractivity contribution in [2.45, 2.75) is 11.8 Å². The van der Waals surface area contributed by atoms with E-state index in [9.17, 15) is 4.79 Å². The first kappa shape index (κ1) is 21.9. The van der Waals surface area contributed by atoms with Crippen molar-refractivity contribution in [3.8, 4) is 5.75 Å². The second kappa shape index (κ2) is 9.80. The Kier molecular flexibility index (Phi) is 7.40. The van der Waals surface area contributed by atoms with E-state index in [0.717, 1.165) is 21.9 Å². The number of rotatable bonds is 8. The summed E-state index contributed by atoms with van der Waals surface area (Å²) in [5, 5.41) is 1.22. The first-order chi connectivity index (χ1) is 14.0. The van der Waals surface area contributed by atoms with E-state index < -0.39 is 0 Å². The number of nitrogens with zero attached hydrogens (tertiary/aromatic N) is 3. The lowest BCUT2D eigenvalue weighted by Crippen LogP contribution is -2.37. The van der Waals surface area contributed by atoms with Crippen molar-refractivity contribution < 1.29 is 9.53 Å². The van der Waals surface area contributed by atoms with E-state index in [4.69, 9.17) is 21.3 Å². The molecule has 0 saturated carbocycles. The number of benzene rings is 2. The number of aromatic nitrogens is 1. The maximum atomic E-state index is 13.6. The number of anilines is 1. The van der Waals surface area contributed by atoms with Crippen LogP contribution in [0.25, 0.3) is 10.2 Å². The molecule has 0 bridgehead atoms. The van der Waals surface area contributed by atoms with Crippen molar-refractivity contribution in [2.75, 3.05) is 44.9 Å². The molecule has 0 aliphatic rings. The minimum atomic E-state index is -0.0578. The number of carbonyl (C=O) groups excluding carboxylic acids is 1. The van der Waals surface area contributed by atoms with E-state index >= 15 is 0 Å². The van der Waals surface area contributed by atoms with Crippen molar-refractivity contribution in [1.82, 2.24) is 9.88 Å². The third-order valence-electron chi connectivity index (χ3n) is 4.33. The average molecular weight is 450 g/mol. The van der Waals surface area contributed by atoms with Gasteiger partial charge in [0, 0.05) is 18.0 Å². The van der Waals surface area contributed by atoms with Crippen LogP contribution >= 0.6 is 34.7 Å². The molecule has 0 N–H and O–H groups in total. The lowest BCUT2D eigenvalue weighted by atomic mass is 10.2. The van der Waals surface area contributed by atoms with Crippen LogP contribution in [0.3, 0.4) is 0 Å². The summed E-state index contributed by atoms with van der Waals surface area (Å²) < 4.78 is 6.26. The summed E-state index contributed by atoms with van der Waals surface area (Å²) in [6.45, 7) is 3.32. The quantitative estimate of drug-likeness (QED) is 0.438. The summed E-state index contributed by atoms with van der Waals surface area (Å²) in [5.41, 5.74) is 1.37. The molecule has 0 unspecified atom stereocenters. The topological polar surface area (TPSA) is 45.7 Å². The Morgan fingerprint density at radius 3 is 2.66 bits per heavy atom. The highest BCUT2D eigenvalue weighted by Gasteiger charge is 2.24. The minimum Gasteiger partial charge on any atom is -0.494 e. The maximum Gasteiger partial charge on any atom is 0.261 e. The SMILES string of the molecule is CCSc1ccccc1C(=O)N(CCN(C)C)c1nc2c(OC)ccc(Cl)c2s1. The highest BCUT2D eigenvalue weighted by atomic mass is 35.5. The Bertz CT molecular complexity index is 1010. The number of hydrogen-bond donors (Lipinski definition) is 0. The molecule has 1 heterocycles. The number of thioether (sulfide) groups is 1. The van der Waals surface area contributed by atoms with Crippen molar-refractivity contribution >= 4 is 56.0 Å². The zero-order valence-electron chi connectivity index (χ0n) is 16.9. The van der Waals surface area contributed by atoms with Crippen molar-refractivity contribution in [2.24, 2.45) is 0 Å². The molecule has 2 aromatic carbocycles. The fourth-order valence-electron chi connectivity index (χ4n) is 2.88. The molecule has 0 radical (unpaired) electrons. The van der Waals surface area contributed by atoms with Crippen molar-refractivity contribution in [3.05, 3.63) is 47.0 Å². The Balaban J connectivity index is 2.07. The van der Waals surface area contributed by atoms with Gasteiger partial charge in [-0.3, -0.25) is 9.69 Å². The van der Waals surface area contributed by atoms with Crippen LogP contribution in [0.2, 0.25) is 5.02 Å². The van der Waals surface area contributed by atoms with E-state index in [1.807, 2.05) is 43.3 Å². The molecule has 3 rings (SSSR count). The smallest absolute Gasteiger partial charge is 0.261 e.